The largest absolute Gasteiger partial charge is 0.472 e. The summed E-state index contributed by atoms with van der Waals surface area (Å²) in [5.74, 6) is 1.06. The molecule has 37 heavy (non-hydrogen) atoms. The molecule has 0 spiro atoms. The number of amides is 1. The fourth-order valence-corrected chi connectivity index (χ4v) is 7.36. The molecule has 2 aromatic rings. The van der Waals surface area contributed by atoms with Crippen molar-refractivity contribution in [1.82, 2.24) is 9.88 Å². The summed E-state index contributed by atoms with van der Waals surface area (Å²) in [5.41, 5.74) is 8.46. The summed E-state index contributed by atoms with van der Waals surface area (Å²) in [6.45, 7) is 6.64. The van der Waals surface area contributed by atoms with Crippen LogP contribution >= 0.6 is 0 Å². The number of ether oxygens (including phenoxy) is 1. The van der Waals surface area contributed by atoms with Gasteiger partial charge in [-0.25, -0.2) is 0 Å². The molecule has 6 heteroatoms. The number of ketones is 1. The van der Waals surface area contributed by atoms with Gasteiger partial charge in [0.25, 0.3) is 0 Å². The molecule has 6 rings (SSSR count). The highest BCUT2D eigenvalue weighted by Crippen LogP contribution is 2.68. The average molecular weight is 498 g/mol. The fourth-order valence-electron chi connectivity index (χ4n) is 7.36. The fraction of sp³-hybridized carbons (Fsp3) is 0.452. The van der Waals surface area contributed by atoms with Gasteiger partial charge in [-0.2, -0.15) is 0 Å². The number of Topliss-reactive ketones (excluding diaryl/α,β-unsaturated/α-hetero) is 1. The number of hydrogen-bond acceptors (Lipinski definition) is 5. The lowest BCUT2D eigenvalue weighted by Crippen LogP contribution is -2.64. The minimum absolute atomic E-state index is 0.00331. The Balaban J connectivity index is 1.36. The molecule has 0 radical (unpaired) electrons. The van der Waals surface area contributed by atoms with E-state index >= 15 is 0 Å². The summed E-state index contributed by atoms with van der Waals surface area (Å²) < 4.78 is 6.76. The maximum absolute atomic E-state index is 13.1. The Kier molecular flexibility index (Phi) is 5.29. The first kappa shape index (κ1) is 24.1. The van der Waals surface area contributed by atoms with Gasteiger partial charge in [0.2, 0.25) is 5.91 Å². The van der Waals surface area contributed by atoms with Gasteiger partial charge >= 0.3 is 0 Å². The van der Waals surface area contributed by atoms with Crippen molar-refractivity contribution in [2.24, 2.45) is 22.5 Å². The van der Waals surface area contributed by atoms with Crippen LogP contribution in [0.5, 0.6) is 0 Å². The molecule has 1 saturated carbocycles. The van der Waals surface area contributed by atoms with Crippen molar-refractivity contribution in [3.8, 4) is 0 Å². The number of rotatable bonds is 3. The van der Waals surface area contributed by atoms with Gasteiger partial charge in [0.15, 0.2) is 11.5 Å². The van der Waals surface area contributed by atoms with Gasteiger partial charge in [-0.05, 0) is 53.8 Å². The molecule has 0 saturated heterocycles. The third-order valence-corrected chi connectivity index (χ3v) is 9.97. The third kappa shape index (κ3) is 3.38. The molecule has 0 bridgehead atoms. The standard InChI is InChI=1S/C31H35N3O3/c1-19(35)34(4)18-20-13-27(36)25-16-24-7-10-29(2)26(22-6-5-21-9-12-33-17-23(21)15-22)8-11-30(29,3)31(24,32)37-28(25)14-20/h5-7,9-10,12,15-17,20,26H,8,11,13-14,18,32H2,1-4H3/t20?,26-,29-,30-,31-/m1/s1. The number of hydrogen-bond donors (Lipinski definition) is 1. The van der Waals surface area contributed by atoms with E-state index in [0.717, 1.165) is 23.8 Å². The highest BCUT2D eigenvalue weighted by atomic mass is 16.5. The highest BCUT2D eigenvalue weighted by Gasteiger charge is 2.67. The normalized spacial score (nSPS) is 34.4. The Morgan fingerprint density at radius 2 is 2.03 bits per heavy atom. The second-order valence-electron chi connectivity index (χ2n) is 11.9. The molecule has 1 unspecified atom stereocenters. The molecular formula is C31H35N3O3. The van der Waals surface area contributed by atoms with Crippen molar-refractivity contribution in [1.29, 1.82) is 0 Å². The number of allylic oxidation sites excluding steroid dienone is 4. The molecular weight excluding hydrogens is 462 g/mol. The molecule has 1 aliphatic heterocycles. The predicted octanol–water partition coefficient (Wildman–Crippen LogP) is 5.02. The lowest BCUT2D eigenvalue weighted by molar-refractivity contribution is -0.131. The smallest absolute Gasteiger partial charge is 0.219 e. The molecule has 3 aliphatic carbocycles. The van der Waals surface area contributed by atoms with E-state index in [2.05, 4.69) is 49.2 Å². The van der Waals surface area contributed by atoms with Crippen LogP contribution in [0.3, 0.4) is 0 Å². The lowest BCUT2D eigenvalue weighted by Gasteiger charge is -2.57. The molecule has 1 amide bonds. The number of nitrogens with zero attached hydrogens (tertiary/aromatic N) is 2. The first-order chi connectivity index (χ1) is 17.6. The maximum Gasteiger partial charge on any atom is 0.219 e. The Labute approximate surface area is 218 Å². The van der Waals surface area contributed by atoms with E-state index in [0.29, 0.717) is 30.7 Å². The quantitative estimate of drug-likeness (QED) is 0.644. The molecule has 2 N–H and O–H groups in total. The summed E-state index contributed by atoms with van der Waals surface area (Å²) in [4.78, 5) is 30.9. The predicted molar refractivity (Wildman–Crippen MR) is 143 cm³/mol. The second kappa shape index (κ2) is 8.12. The highest BCUT2D eigenvalue weighted by molar-refractivity contribution is 6.00. The molecule has 6 nitrogen and oxygen atoms in total. The summed E-state index contributed by atoms with van der Waals surface area (Å²) >= 11 is 0. The van der Waals surface area contributed by atoms with Gasteiger partial charge in [-0.3, -0.25) is 20.3 Å². The van der Waals surface area contributed by atoms with E-state index in [9.17, 15) is 9.59 Å². The number of carbonyl (C=O) groups is 2. The van der Waals surface area contributed by atoms with Crippen LogP contribution in [0.1, 0.15) is 57.9 Å². The van der Waals surface area contributed by atoms with Crippen LogP contribution in [0.25, 0.3) is 10.8 Å². The average Bonchev–Trinajstić information content (AvgIpc) is 3.15. The Morgan fingerprint density at radius 1 is 1.22 bits per heavy atom. The molecule has 4 aliphatic rings. The number of pyridine rings is 1. The van der Waals surface area contributed by atoms with Gasteiger partial charge in [0, 0.05) is 67.5 Å². The SMILES string of the molecule is CC(=O)N(C)CC1CC(=O)C2=C(C1)O[C@]1(N)C(=C2)C=C[C@]2(C)[C@@H](c3ccc4ccncc4c3)CC[C@@]12C. The van der Waals surface area contributed by atoms with Crippen molar-refractivity contribution < 1.29 is 14.3 Å². The first-order valence-electron chi connectivity index (χ1n) is 13.3. The van der Waals surface area contributed by atoms with Crippen molar-refractivity contribution in [2.75, 3.05) is 13.6 Å². The van der Waals surface area contributed by atoms with Gasteiger partial charge in [0.05, 0.1) is 5.57 Å². The van der Waals surface area contributed by atoms with E-state index in [1.54, 1.807) is 18.9 Å². The van der Waals surface area contributed by atoms with Gasteiger partial charge in [0.1, 0.15) is 5.76 Å². The monoisotopic (exact) mass is 497 g/mol. The van der Waals surface area contributed by atoms with Crippen LogP contribution in [0.4, 0.5) is 0 Å². The Hall–Kier alpha value is -3.25. The summed E-state index contributed by atoms with van der Waals surface area (Å²) in [6.07, 6.45) is 13.1. The van der Waals surface area contributed by atoms with Crippen LogP contribution in [-0.4, -0.2) is 40.9 Å². The number of fused-ring (bicyclic) bond motifs is 4. The van der Waals surface area contributed by atoms with Crippen LogP contribution in [0, 0.1) is 16.7 Å². The number of aromatic nitrogens is 1. The molecule has 1 fully saturated rings. The van der Waals surface area contributed by atoms with Crippen molar-refractivity contribution in [2.45, 2.75) is 58.1 Å². The first-order valence-corrected chi connectivity index (χ1v) is 13.3. The number of nitrogens with two attached hydrogens (primary N) is 1. The van der Waals surface area contributed by atoms with E-state index < -0.39 is 5.72 Å². The lowest BCUT2D eigenvalue weighted by atomic mass is 9.54. The second-order valence-corrected chi connectivity index (χ2v) is 11.9. The zero-order chi connectivity index (χ0) is 26.2. The van der Waals surface area contributed by atoms with E-state index in [1.807, 2.05) is 24.5 Å². The number of carbonyl (C=O) groups excluding carboxylic acids is 2. The Morgan fingerprint density at radius 3 is 2.81 bits per heavy atom. The zero-order valence-corrected chi connectivity index (χ0v) is 22.1. The number of benzene rings is 1. The summed E-state index contributed by atoms with van der Waals surface area (Å²) in [5, 5.41) is 2.33. The van der Waals surface area contributed by atoms with Crippen molar-refractivity contribution >= 4 is 22.5 Å². The third-order valence-electron chi connectivity index (χ3n) is 9.97. The molecule has 192 valence electrons. The molecule has 5 atom stereocenters. The summed E-state index contributed by atoms with van der Waals surface area (Å²) in [7, 11) is 1.78. The van der Waals surface area contributed by atoms with E-state index in [1.165, 1.54) is 10.9 Å². The topological polar surface area (TPSA) is 85.5 Å². The van der Waals surface area contributed by atoms with Crippen LogP contribution in [0.2, 0.25) is 0 Å². The summed E-state index contributed by atoms with van der Waals surface area (Å²) in [6, 6.07) is 8.73. The molecule has 1 aromatic heterocycles. The maximum atomic E-state index is 13.1. The van der Waals surface area contributed by atoms with Crippen LogP contribution < -0.4 is 5.73 Å². The van der Waals surface area contributed by atoms with Gasteiger partial charge in [-0.15, -0.1) is 0 Å². The van der Waals surface area contributed by atoms with Gasteiger partial charge in [-0.1, -0.05) is 38.1 Å². The van der Waals surface area contributed by atoms with Gasteiger partial charge < -0.3 is 9.64 Å². The van der Waals surface area contributed by atoms with Crippen LogP contribution in [0.15, 0.2) is 71.8 Å². The Bertz CT molecular complexity index is 1420. The van der Waals surface area contributed by atoms with Crippen molar-refractivity contribution in [3.05, 3.63) is 77.4 Å². The zero-order valence-electron chi connectivity index (χ0n) is 22.1. The minimum Gasteiger partial charge on any atom is -0.472 e. The molecule has 1 aromatic carbocycles. The van der Waals surface area contributed by atoms with Crippen molar-refractivity contribution in [3.63, 3.8) is 0 Å². The minimum atomic E-state index is -1.03. The van der Waals surface area contributed by atoms with E-state index in [-0.39, 0.29) is 34.4 Å². The molecule has 2 heterocycles. The van der Waals surface area contributed by atoms with Crippen LogP contribution in [-0.2, 0) is 14.3 Å². The van der Waals surface area contributed by atoms with E-state index in [4.69, 9.17) is 10.5 Å².